The average molecular weight is 528 g/mol. The fourth-order valence-electron chi connectivity index (χ4n) is 4.85. The minimum Gasteiger partial charge on any atom is -0.456 e. The van der Waals surface area contributed by atoms with Gasteiger partial charge in [-0.2, -0.15) is 0 Å². The molecule has 0 aromatic heterocycles. The number of hydrogen-bond donors (Lipinski definition) is 1. The molecule has 0 unspecified atom stereocenters. The molecule has 39 heavy (non-hydrogen) atoms. The number of ether oxygens (including phenoxy) is 1. The SMILES string of the molecule is Cc1ccc(N(C)CCN2CCCCC2)cc1C(=O)Nc1cc(-c2ccccc2)ccc1C(=O)OC(C)(C)C. The minimum atomic E-state index is -0.653. The summed E-state index contributed by atoms with van der Waals surface area (Å²) in [7, 11) is 2.07. The van der Waals surface area contributed by atoms with Crippen molar-refractivity contribution in [2.75, 3.05) is 43.4 Å². The van der Waals surface area contributed by atoms with Crippen LogP contribution in [-0.4, -0.2) is 55.6 Å². The van der Waals surface area contributed by atoms with Crippen molar-refractivity contribution < 1.29 is 14.3 Å². The van der Waals surface area contributed by atoms with Gasteiger partial charge in [0, 0.05) is 31.4 Å². The first kappa shape index (κ1) is 28.4. The summed E-state index contributed by atoms with van der Waals surface area (Å²) in [6.45, 7) is 11.7. The molecule has 1 aliphatic rings. The Balaban J connectivity index is 1.58. The van der Waals surface area contributed by atoms with E-state index in [1.165, 1.54) is 19.3 Å². The number of nitrogens with one attached hydrogen (secondary N) is 1. The summed E-state index contributed by atoms with van der Waals surface area (Å²) in [6.07, 6.45) is 3.87. The van der Waals surface area contributed by atoms with Crippen molar-refractivity contribution in [3.05, 3.63) is 83.4 Å². The summed E-state index contributed by atoms with van der Waals surface area (Å²) in [4.78, 5) is 31.4. The summed E-state index contributed by atoms with van der Waals surface area (Å²) in [6, 6.07) is 21.3. The number of anilines is 2. The number of aryl methyl sites for hydroxylation is 1. The van der Waals surface area contributed by atoms with Gasteiger partial charge in [0.2, 0.25) is 0 Å². The van der Waals surface area contributed by atoms with Gasteiger partial charge in [0.25, 0.3) is 5.91 Å². The highest BCUT2D eigenvalue weighted by atomic mass is 16.6. The number of nitrogens with zero attached hydrogens (tertiary/aromatic N) is 2. The molecule has 1 amide bonds. The molecule has 0 bridgehead atoms. The zero-order chi connectivity index (χ0) is 28.0. The van der Waals surface area contributed by atoms with E-state index in [0.29, 0.717) is 16.8 Å². The molecule has 1 aliphatic heterocycles. The van der Waals surface area contributed by atoms with E-state index in [0.717, 1.165) is 48.6 Å². The molecule has 1 N–H and O–H groups in total. The molecule has 0 spiro atoms. The lowest BCUT2D eigenvalue weighted by atomic mass is 10.0. The first-order valence-corrected chi connectivity index (χ1v) is 13.9. The second-order valence-electron chi connectivity index (χ2n) is 11.4. The Bertz CT molecular complexity index is 1290. The number of amides is 1. The third-order valence-electron chi connectivity index (χ3n) is 7.10. The Hall–Kier alpha value is -3.64. The van der Waals surface area contributed by atoms with Gasteiger partial charge in [-0.25, -0.2) is 4.79 Å². The maximum Gasteiger partial charge on any atom is 0.340 e. The van der Waals surface area contributed by atoms with Crippen molar-refractivity contribution in [3.8, 4) is 11.1 Å². The van der Waals surface area contributed by atoms with Gasteiger partial charge in [-0.3, -0.25) is 4.79 Å². The molecule has 0 saturated carbocycles. The molecule has 1 saturated heterocycles. The monoisotopic (exact) mass is 527 g/mol. The van der Waals surface area contributed by atoms with Crippen molar-refractivity contribution >= 4 is 23.3 Å². The van der Waals surface area contributed by atoms with Crippen LogP contribution >= 0.6 is 0 Å². The second-order valence-corrected chi connectivity index (χ2v) is 11.4. The van der Waals surface area contributed by atoms with Crippen LogP contribution in [0.1, 0.15) is 66.3 Å². The lowest BCUT2D eigenvalue weighted by Gasteiger charge is -2.29. The second kappa shape index (κ2) is 12.5. The minimum absolute atomic E-state index is 0.256. The molecule has 0 aliphatic carbocycles. The molecule has 0 radical (unpaired) electrons. The Morgan fingerprint density at radius 3 is 2.31 bits per heavy atom. The molecular formula is C33H41N3O3. The van der Waals surface area contributed by atoms with Crippen molar-refractivity contribution in [1.82, 2.24) is 4.90 Å². The number of carbonyl (C=O) groups excluding carboxylic acids is 2. The standard InChI is InChI=1S/C33H41N3O3/c1-24-14-16-27(35(5)20-21-36-18-10-7-11-19-36)23-29(24)31(37)34-30-22-26(25-12-8-6-9-13-25)15-17-28(30)32(38)39-33(2,3)4/h6,8-9,12-17,22-23H,7,10-11,18-21H2,1-5H3,(H,34,37). The summed E-state index contributed by atoms with van der Waals surface area (Å²) in [5.41, 5.74) is 4.45. The summed E-state index contributed by atoms with van der Waals surface area (Å²) >= 11 is 0. The normalized spacial score (nSPS) is 14.1. The number of carbonyl (C=O) groups is 2. The van der Waals surface area contributed by atoms with Gasteiger partial charge < -0.3 is 19.9 Å². The number of benzene rings is 3. The van der Waals surface area contributed by atoms with E-state index in [-0.39, 0.29) is 5.91 Å². The zero-order valence-corrected chi connectivity index (χ0v) is 23.9. The lowest BCUT2D eigenvalue weighted by Crippen LogP contribution is -2.36. The van der Waals surface area contributed by atoms with Crippen LogP contribution < -0.4 is 10.2 Å². The smallest absolute Gasteiger partial charge is 0.340 e. The number of rotatable bonds is 8. The fraction of sp³-hybridized carbons (Fsp3) is 0.394. The van der Waals surface area contributed by atoms with Crippen LogP contribution in [0.2, 0.25) is 0 Å². The Kier molecular flexibility index (Phi) is 9.08. The van der Waals surface area contributed by atoms with Crippen molar-refractivity contribution in [2.45, 2.75) is 52.6 Å². The van der Waals surface area contributed by atoms with Gasteiger partial charge in [0.1, 0.15) is 5.60 Å². The number of likely N-dealkylation sites (N-methyl/N-ethyl adjacent to an activating group) is 1. The Morgan fingerprint density at radius 2 is 1.62 bits per heavy atom. The maximum atomic E-state index is 13.6. The Labute approximate surface area is 233 Å². The van der Waals surface area contributed by atoms with E-state index >= 15 is 0 Å². The van der Waals surface area contributed by atoms with Gasteiger partial charge >= 0.3 is 5.97 Å². The first-order chi connectivity index (χ1) is 18.6. The topological polar surface area (TPSA) is 61.9 Å². The molecule has 206 valence electrons. The van der Waals surface area contributed by atoms with E-state index in [4.69, 9.17) is 4.74 Å². The molecule has 0 atom stereocenters. The summed E-state index contributed by atoms with van der Waals surface area (Å²) < 4.78 is 5.65. The van der Waals surface area contributed by atoms with Gasteiger partial charge in [0.15, 0.2) is 0 Å². The van der Waals surface area contributed by atoms with Crippen LogP contribution in [-0.2, 0) is 4.74 Å². The molecule has 4 rings (SSSR count). The molecular weight excluding hydrogens is 486 g/mol. The van der Waals surface area contributed by atoms with Crippen LogP contribution in [0.4, 0.5) is 11.4 Å². The molecule has 6 nitrogen and oxygen atoms in total. The van der Waals surface area contributed by atoms with Crippen LogP contribution in [0.5, 0.6) is 0 Å². The van der Waals surface area contributed by atoms with Crippen LogP contribution in [0, 0.1) is 6.92 Å². The fourth-order valence-corrected chi connectivity index (χ4v) is 4.85. The van der Waals surface area contributed by atoms with Gasteiger partial charge in [-0.15, -0.1) is 0 Å². The van der Waals surface area contributed by atoms with Crippen LogP contribution in [0.3, 0.4) is 0 Å². The molecule has 6 heteroatoms. The third kappa shape index (κ3) is 7.70. The molecule has 1 heterocycles. The van der Waals surface area contributed by atoms with E-state index < -0.39 is 11.6 Å². The number of hydrogen-bond acceptors (Lipinski definition) is 5. The number of likely N-dealkylation sites (tertiary alicyclic amines) is 1. The van der Waals surface area contributed by atoms with E-state index in [9.17, 15) is 9.59 Å². The van der Waals surface area contributed by atoms with E-state index in [1.54, 1.807) is 6.07 Å². The lowest BCUT2D eigenvalue weighted by molar-refractivity contribution is 0.00708. The number of esters is 1. The van der Waals surface area contributed by atoms with E-state index in [1.807, 2.05) is 82.3 Å². The summed E-state index contributed by atoms with van der Waals surface area (Å²) in [5.74, 6) is -0.728. The maximum absolute atomic E-state index is 13.6. The average Bonchev–Trinajstić information content (AvgIpc) is 2.92. The number of piperidine rings is 1. The van der Waals surface area contributed by atoms with Crippen molar-refractivity contribution in [3.63, 3.8) is 0 Å². The quantitative estimate of drug-likeness (QED) is 0.327. The molecule has 1 fully saturated rings. The summed E-state index contributed by atoms with van der Waals surface area (Å²) in [5, 5.41) is 3.03. The Morgan fingerprint density at radius 1 is 0.897 bits per heavy atom. The third-order valence-corrected chi connectivity index (χ3v) is 7.10. The van der Waals surface area contributed by atoms with Crippen LogP contribution in [0.25, 0.3) is 11.1 Å². The molecule has 3 aromatic rings. The zero-order valence-electron chi connectivity index (χ0n) is 23.9. The van der Waals surface area contributed by atoms with Gasteiger partial charge in [-0.05, 0) is 94.6 Å². The highest BCUT2D eigenvalue weighted by Crippen LogP contribution is 2.29. The van der Waals surface area contributed by atoms with Crippen molar-refractivity contribution in [2.24, 2.45) is 0 Å². The highest BCUT2D eigenvalue weighted by Gasteiger charge is 2.23. The van der Waals surface area contributed by atoms with Gasteiger partial charge in [0.05, 0.1) is 11.3 Å². The first-order valence-electron chi connectivity index (χ1n) is 13.9. The predicted octanol–water partition coefficient (Wildman–Crippen LogP) is 6.79. The molecule has 3 aromatic carbocycles. The largest absolute Gasteiger partial charge is 0.456 e. The predicted molar refractivity (Wildman–Crippen MR) is 160 cm³/mol. The van der Waals surface area contributed by atoms with Gasteiger partial charge in [-0.1, -0.05) is 48.9 Å². The van der Waals surface area contributed by atoms with Crippen molar-refractivity contribution in [1.29, 1.82) is 0 Å². The highest BCUT2D eigenvalue weighted by molar-refractivity contribution is 6.09. The van der Waals surface area contributed by atoms with E-state index in [2.05, 4.69) is 28.2 Å². The van der Waals surface area contributed by atoms with Crippen LogP contribution in [0.15, 0.2) is 66.7 Å².